The molecule has 0 bridgehead atoms. The summed E-state index contributed by atoms with van der Waals surface area (Å²) in [6.45, 7) is -0.730. The van der Waals surface area contributed by atoms with E-state index in [0.717, 1.165) is 0 Å². The van der Waals surface area contributed by atoms with Crippen molar-refractivity contribution in [2.24, 2.45) is 0 Å². The lowest BCUT2D eigenvalue weighted by molar-refractivity contribution is -0.140. The van der Waals surface area contributed by atoms with Crippen LogP contribution >= 0.6 is 0 Å². The molecule has 0 saturated carbocycles. The molecule has 0 saturated heterocycles. The molecule has 0 unspecified atom stereocenters. The first-order valence-electron chi connectivity index (χ1n) is 8.62. The lowest BCUT2D eigenvalue weighted by Crippen LogP contribution is -2.32. The number of rotatable bonds is 7. The quantitative estimate of drug-likeness (QED) is 0.521. The number of sulfone groups is 1. The van der Waals surface area contributed by atoms with E-state index >= 15 is 0 Å². The zero-order chi connectivity index (χ0) is 22.9. The van der Waals surface area contributed by atoms with Crippen molar-refractivity contribution in [3.8, 4) is 0 Å². The smallest absolute Gasteiger partial charge is 0.419 e. The third-order valence-electron chi connectivity index (χ3n) is 4.32. The molecule has 3 aromatic rings. The molecule has 31 heavy (non-hydrogen) atoms. The highest BCUT2D eigenvalue weighted by molar-refractivity contribution is 7.92. The molecule has 2 aromatic carbocycles. The minimum Gasteiger partial charge on any atom is -0.468 e. The third-order valence-corrected chi connectivity index (χ3v) is 7.82. The molecule has 0 spiro atoms. The van der Waals surface area contributed by atoms with Gasteiger partial charge < -0.3 is 4.42 Å². The van der Waals surface area contributed by atoms with Crippen LogP contribution in [0.15, 0.2) is 81.1 Å². The standard InChI is InChI=1S/C19H15F4NO5S2/c20-16-9-8-14(11-15(16)19(21,22)23)31(27,28)24-12-18(17-7-4-10-29-17)30(25,26)13-5-2-1-3-6-13/h1-11,18,24H,12H2/t18-/m1/s1. The highest BCUT2D eigenvalue weighted by atomic mass is 32.2. The number of alkyl halides is 3. The summed E-state index contributed by atoms with van der Waals surface area (Å²) in [6, 6.07) is 11.1. The molecule has 3 rings (SSSR count). The summed E-state index contributed by atoms with van der Waals surface area (Å²) in [7, 11) is -8.74. The average molecular weight is 477 g/mol. The minimum atomic E-state index is -5.11. The maximum atomic E-state index is 13.5. The molecule has 0 amide bonds. The fourth-order valence-corrected chi connectivity index (χ4v) is 5.56. The predicted molar refractivity (Wildman–Crippen MR) is 102 cm³/mol. The zero-order valence-corrected chi connectivity index (χ0v) is 17.1. The largest absolute Gasteiger partial charge is 0.468 e. The Balaban J connectivity index is 1.94. The Morgan fingerprint density at radius 1 is 0.903 bits per heavy atom. The first kappa shape index (κ1) is 23.0. The molecule has 12 heteroatoms. The van der Waals surface area contributed by atoms with Crippen molar-refractivity contribution >= 4 is 19.9 Å². The van der Waals surface area contributed by atoms with Crippen LogP contribution in [0.5, 0.6) is 0 Å². The Kier molecular flexibility index (Phi) is 6.25. The van der Waals surface area contributed by atoms with Gasteiger partial charge in [0, 0.05) is 6.54 Å². The van der Waals surface area contributed by atoms with Crippen LogP contribution in [0.1, 0.15) is 16.6 Å². The molecule has 1 N–H and O–H groups in total. The topological polar surface area (TPSA) is 93.4 Å². The summed E-state index contributed by atoms with van der Waals surface area (Å²) in [6.07, 6.45) is -3.91. The third kappa shape index (κ3) is 4.97. The van der Waals surface area contributed by atoms with Gasteiger partial charge in [-0.25, -0.2) is 25.9 Å². The molecule has 166 valence electrons. The summed E-state index contributed by atoms with van der Waals surface area (Å²) in [5.74, 6) is -1.70. The normalized spacial score (nSPS) is 13.8. The molecule has 6 nitrogen and oxygen atoms in total. The molecule has 0 aliphatic rings. The first-order chi connectivity index (χ1) is 14.4. The van der Waals surface area contributed by atoms with Gasteiger partial charge in [0.1, 0.15) is 16.8 Å². The molecule has 0 aliphatic heterocycles. The summed E-state index contributed by atoms with van der Waals surface area (Å²) >= 11 is 0. The van der Waals surface area contributed by atoms with Crippen LogP contribution in [-0.4, -0.2) is 23.4 Å². The number of sulfonamides is 1. The van der Waals surface area contributed by atoms with E-state index in [1.165, 1.54) is 42.7 Å². The summed E-state index contributed by atoms with van der Waals surface area (Å²) in [5, 5.41) is -1.50. The number of hydrogen-bond donors (Lipinski definition) is 1. The Hall–Kier alpha value is -2.70. The van der Waals surface area contributed by atoms with Gasteiger partial charge in [0.15, 0.2) is 9.84 Å². The van der Waals surface area contributed by atoms with Crippen molar-refractivity contribution in [1.29, 1.82) is 0 Å². The monoisotopic (exact) mass is 477 g/mol. The van der Waals surface area contributed by atoms with E-state index in [4.69, 9.17) is 4.42 Å². The van der Waals surface area contributed by atoms with Crippen molar-refractivity contribution < 1.29 is 38.8 Å². The van der Waals surface area contributed by atoms with Crippen LogP contribution in [0.25, 0.3) is 0 Å². The van der Waals surface area contributed by atoms with E-state index in [9.17, 15) is 34.4 Å². The van der Waals surface area contributed by atoms with Gasteiger partial charge in [-0.05, 0) is 42.5 Å². The molecule has 1 atom stereocenters. The van der Waals surface area contributed by atoms with Gasteiger partial charge in [-0.15, -0.1) is 0 Å². The Morgan fingerprint density at radius 3 is 2.16 bits per heavy atom. The van der Waals surface area contributed by atoms with E-state index in [0.29, 0.717) is 12.1 Å². The van der Waals surface area contributed by atoms with Gasteiger partial charge in [0.25, 0.3) is 0 Å². The molecule has 0 radical (unpaired) electrons. The van der Waals surface area contributed by atoms with E-state index in [2.05, 4.69) is 0 Å². The van der Waals surface area contributed by atoms with Crippen molar-refractivity contribution in [1.82, 2.24) is 4.72 Å². The molecule has 1 aromatic heterocycles. The van der Waals surface area contributed by atoms with Gasteiger partial charge in [-0.2, -0.15) is 13.2 Å². The molecule has 1 heterocycles. The second kappa shape index (κ2) is 8.44. The van der Waals surface area contributed by atoms with Gasteiger partial charge >= 0.3 is 6.18 Å². The maximum absolute atomic E-state index is 13.5. The minimum absolute atomic E-state index is 0.0679. The first-order valence-corrected chi connectivity index (χ1v) is 11.6. The second-order valence-corrected chi connectivity index (χ2v) is 10.3. The van der Waals surface area contributed by atoms with Gasteiger partial charge in [-0.1, -0.05) is 18.2 Å². The second-order valence-electron chi connectivity index (χ2n) is 6.35. The van der Waals surface area contributed by atoms with Gasteiger partial charge in [0.05, 0.1) is 21.6 Å². The Bertz CT molecular complexity index is 1260. The fraction of sp³-hybridized carbons (Fsp3) is 0.158. The number of hydrogen-bond acceptors (Lipinski definition) is 5. The number of halogens is 4. The predicted octanol–water partition coefficient (Wildman–Crippen LogP) is 3.93. The molecular weight excluding hydrogens is 462 g/mol. The Labute approximate surface area is 175 Å². The van der Waals surface area contributed by atoms with Crippen LogP contribution in [0.4, 0.5) is 17.6 Å². The summed E-state index contributed by atoms with van der Waals surface area (Å²) in [5.41, 5.74) is -1.75. The van der Waals surface area contributed by atoms with Gasteiger partial charge in [0.2, 0.25) is 10.0 Å². The zero-order valence-electron chi connectivity index (χ0n) is 15.5. The van der Waals surface area contributed by atoms with Gasteiger partial charge in [-0.3, -0.25) is 0 Å². The number of furan rings is 1. The molecule has 0 fully saturated rings. The van der Waals surface area contributed by atoms with Crippen LogP contribution < -0.4 is 4.72 Å². The lowest BCUT2D eigenvalue weighted by atomic mass is 10.2. The summed E-state index contributed by atoms with van der Waals surface area (Å²) < 4.78 is 110. The van der Waals surface area contributed by atoms with Crippen molar-refractivity contribution in [3.63, 3.8) is 0 Å². The number of benzene rings is 2. The van der Waals surface area contributed by atoms with E-state index < -0.39 is 54.1 Å². The van der Waals surface area contributed by atoms with Crippen molar-refractivity contribution in [2.45, 2.75) is 21.2 Å². The van der Waals surface area contributed by atoms with Crippen molar-refractivity contribution in [3.05, 3.63) is 84.1 Å². The van der Waals surface area contributed by atoms with Crippen LogP contribution in [0, 0.1) is 5.82 Å². The average Bonchev–Trinajstić information content (AvgIpc) is 3.22. The molecule has 0 aliphatic carbocycles. The van der Waals surface area contributed by atoms with Crippen LogP contribution in [0.3, 0.4) is 0 Å². The highest BCUT2D eigenvalue weighted by Gasteiger charge is 2.36. The summed E-state index contributed by atoms with van der Waals surface area (Å²) in [4.78, 5) is -0.965. The SMILES string of the molecule is O=S(=O)(NC[C@H](c1ccco1)S(=O)(=O)c1ccccc1)c1ccc(F)c(C(F)(F)F)c1. The van der Waals surface area contributed by atoms with E-state index in [-0.39, 0.29) is 16.7 Å². The number of nitrogens with one attached hydrogen (secondary N) is 1. The maximum Gasteiger partial charge on any atom is 0.419 e. The fourth-order valence-electron chi connectivity index (χ4n) is 2.77. The van der Waals surface area contributed by atoms with E-state index in [1.54, 1.807) is 6.07 Å². The van der Waals surface area contributed by atoms with E-state index in [1.807, 2.05) is 4.72 Å². The highest BCUT2D eigenvalue weighted by Crippen LogP contribution is 2.33. The lowest BCUT2D eigenvalue weighted by Gasteiger charge is -2.17. The van der Waals surface area contributed by atoms with Crippen LogP contribution in [0.2, 0.25) is 0 Å². The Morgan fingerprint density at radius 2 is 1.58 bits per heavy atom. The van der Waals surface area contributed by atoms with Crippen LogP contribution in [-0.2, 0) is 26.0 Å². The van der Waals surface area contributed by atoms with Crippen molar-refractivity contribution in [2.75, 3.05) is 6.54 Å². The molecular formula is C19H15F4NO5S2.